The Balaban J connectivity index is 2.01. The number of amidine groups is 1. The fraction of sp³-hybridized carbons (Fsp3) is 0.364. The molecule has 3 rings (SSSR count). The monoisotopic (exact) mass is 382 g/mol. The first-order valence-electron chi connectivity index (χ1n) is 9.45. The molecule has 1 fully saturated rings. The fourth-order valence-electron chi connectivity index (χ4n) is 3.50. The van der Waals surface area contributed by atoms with E-state index in [1.807, 2.05) is 13.0 Å². The maximum atomic E-state index is 13.6. The number of benzene rings is 1. The van der Waals surface area contributed by atoms with Gasteiger partial charge in [-0.05, 0) is 48.8 Å². The highest BCUT2D eigenvalue weighted by Crippen LogP contribution is 2.33. The number of halogens is 1. The largest absolute Gasteiger partial charge is 0.379 e. The Morgan fingerprint density at radius 3 is 2.75 bits per heavy atom. The molecule has 0 aromatic heterocycles. The summed E-state index contributed by atoms with van der Waals surface area (Å²) in [6.45, 7) is 15.5. The van der Waals surface area contributed by atoms with Crippen molar-refractivity contribution < 1.29 is 9.13 Å². The van der Waals surface area contributed by atoms with Crippen molar-refractivity contribution in [3.63, 3.8) is 0 Å². The molecule has 0 spiro atoms. The molecule has 1 aromatic rings. The minimum Gasteiger partial charge on any atom is -0.379 e. The van der Waals surface area contributed by atoms with Gasteiger partial charge in [0.15, 0.2) is 5.84 Å². The lowest BCUT2D eigenvalue weighted by Crippen LogP contribution is -2.43. The van der Waals surface area contributed by atoms with Gasteiger partial charge in [0.25, 0.3) is 0 Å². The Kier molecular flexibility index (Phi) is 6.54. The number of hydrogen-bond donors (Lipinski definition) is 1. The van der Waals surface area contributed by atoms with Crippen LogP contribution in [0.2, 0.25) is 0 Å². The first kappa shape index (κ1) is 20.2. The highest BCUT2D eigenvalue weighted by atomic mass is 19.1. The van der Waals surface area contributed by atoms with Crippen LogP contribution in [-0.4, -0.2) is 49.3 Å². The van der Waals surface area contributed by atoms with Gasteiger partial charge in [0.2, 0.25) is 0 Å². The standard InChI is InChI=1S/C22H27FN4O/c1-5-19(24-6-2)22-25-20(14-27-9-11-28-12-10-27)16(4)21(26-22)18-8-7-17(23)13-15(18)3/h5-8,13,21H,1-2,9-12,14H2,3-4H3,(H,25,26). The van der Waals surface area contributed by atoms with Gasteiger partial charge in [-0.1, -0.05) is 19.2 Å². The molecule has 2 aliphatic heterocycles. The Morgan fingerprint density at radius 2 is 2.11 bits per heavy atom. The molecule has 2 aliphatic rings. The minimum absolute atomic E-state index is 0.206. The highest BCUT2D eigenvalue weighted by molar-refractivity contribution is 6.46. The lowest BCUT2D eigenvalue weighted by Gasteiger charge is -2.32. The molecule has 6 heteroatoms. The molecular weight excluding hydrogens is 355 g/mol. The maximum absolute atomic E-state index is 13.6. The second kappa shape index (κ2) is 9.08. The third-order valence-corrected chi connectivity index (χ3v) is 5.09. The maximum Gasteiger partial charge on any atom is 0.152 e. The van der Waals surface area contributed by atoms with Crippen molar-refractivity contribution in [2.75, 3.05) is 32.8 Å². The zero-order chi connectivity index (χ0) is 20.1. The molecule has 0 amide bonds. The quantitative estimate of drug-likeness (QED) is 0.766. The third kappa shape index (κ3) is 4.46. The SMILES string of the molecule is C=CN=C(C=C)C1=NC(c2ccc(F)cc2C)C(C)=C(CN2CCOCC2)N1. The van der Waals surface area contributed by atoms with E-state index in [1.165, 1.54) is 12.3 Å². The van der Waals surface area contributed by atoms with Crippen LogP contribution in [0.1, 0.15) is 24.1 Å². The number of aryl methyl sites for hydroxylation is 1. The summed E-state index contributed by atoms with van der Waals surface area (Å²) in [6.07, 6.45) is 3.14. The summed E-state index contributed by atoms with van der Waals surface area (Å²) < 4.78 is 19.1. The van der Waals surface area contributed by atoms with Crippen molar-refractivity contribution in [3.05, 3.63) is 71.8 Å². The molecular formula is C22H27FN4O. The minimum atomic E-state index is -0.241. The van der Waals surface area contributed by atoms with E-state index in [2.05, 4.69) is 35.3 Å². The van der Waals surface area contributed by atoms with Crippen LogP contribution in [0.3, 0.4) is 0 Å². The molecule has 0 radical (unpaired) electrons. The Hall–Kier alpha value is -2.57. The number of rotatable bonds is 6. The molecule has 5 nitrogen and oxygen atoms in total. The van der Waals surface area contributed by atoms with Crippen molar-refractivity contribution >= 4 is 11.5 Å². The molecule has 148 valence electrons. The molecule has 2 heterocycles. The normalized spacial score (nSPS) is 21.2. The second-order valence-corrected chi connectivity index (χ2v) is 6.96. The molecule has 1 aromatic carbocycles. The molecule has 0 aliphatic carbocycles. The van der Waals surface area contributed by atoms with Crippen LogP contribution >= 0.6 is 0 Å². The van der Waals surface area contributed by atoms with E-state index >= 15 is 0 Å². The topological polar surface area (TPSA) is 49.2 Å². The van der Waals surface area contributed by atoms with E-state index in [4.69, 9.17) is 9.73 Å². The van der Waals surface area contributed by atoms with E-state index in [-0.39, 0.29) is 11.9 Å². The van der Waals surface area contributed by atoms with Gasteiger partial charge in [0.1, 0.15) is 17.6 Å². The van der Waals surface area contributed by atoms with E-state index in [0.717, 1.165) is 55.2 Å². The highest BCUT2D eigenvalue weighted by Gasteiger charge is 2.27. The fourth-order valence-corrected chi connectivity index (χ4v) is 3.50. The molecule has 1 saturated heterocycles. The smallest absolute Gasteiger partial charge is 0.152 e. The Labute approximate surface area is 166 Å². The summed E-state index contributed by atoms with van der Waals surface area (Å²) >= 11 is 0. The van der Waals surface area contributed by atoms with Crippen LogP contribution in [-0.2, 0) is 4.74 Å². The van der Waals surface area contributed by atoms with Crippen LogP contribution in [0.15, 0.2) is 64.9 Å². The number of ether oxygens (including phenoxy) is 1. The molecule has 1 atom stereocenters. The molecule has 1 N–H and O–H groups in total. The first-order chi connectivity index (χ1) is 13.5. The van der Waals surface area contributed by atoms with E-state index < -0.39 is 0 Å². The summed E-state index contributed by atoms with van der Waals surface area (Å²) in [5, 5.41) is 3.44. The third-order valence-electron chi connectivity index (χ3n) is 5.09. The zero-order valence-corrected chi connectivity index (χ0v) is 16.5. The number of morpholine rings is 1. The molecule has 0 saturated carbocycles. The molecule has 28 heavy (non-hydrogen) atoms. The van der Waals surface area contributed by atoms with Crippen LogP contribution in [0, 0.1) is 12.7 Å². The zero-order valence-electron chi connectivity index (χ0n) is 16.5. The van der Waals surface area contributed by atoms with Crippen molar-refractivity contribution in [1.82, 2.24) is 10.2 Å². The molecule has 1 unspecified atom stereocenters. The van der Waals surface area contributed by atoms with E-state index in [9.17, 15) is 4.39 Å². The lowest BCUT2D eigenvalue weighted by molar-refractivity contribution is 0.0417. The van der Waals surface area contributed by atoms with Gasteiger partial charge in [-0.2, -0.15) is 0 Å². The van der Waals surface area contributed by atoms with E-state index in [0.29, 0.717) is 11.5 Å². The Morgan fingerprint density at radius 1 is 1.36 bits per heavy atom. The van der Waals surface area contributed by atoms with Crippen molar-refractivity contribution in [2.45, 2.75) is 19.9 Å². The number of aliphatic imine (C=N–C) groups is 2. The van der Waals surface area contributed by atoms with Crippen molar-refractivity contribution in [1.29, 1.82) is 0 Å². The van der Waals surface area contributed by atoms with Gasteiger partial charge >= 0.3 is 0 Å². The van der Waals surface area contributed by atoms with Crippen LogP contribution in [0.5, 0.6) is 0 Å². The number of hydrogen-bond acceptors (Lipinski definition) is 5. The summed E-state index contributed by atoms with van der Waals surface area (Å²) in [6, 6.07) is 4.65. The van der Waals surface area contributed by atoms with Gasteiger partial charge in [0, 0.05) is 31.5 Å². The van der Waals surface area contributed by atoms with Gasteiger partial charge in [0.05, 0.1) is 13.2 Å². The molecule has 0 bridgehead atoms. The Bertz CT molecular complexity index is 850. The summed E-state index contributed by atoms with van der Waals surface area (Å²) in [4.78, 5) is 11.5. The van der Waals surface area contributed by atoms with Gasteiger partial charge in [-0.15, -0.1) is 0 Å². The van der Waals surface area contributed by atoms with Crippen molar-refractivity contribution in [2.24, 2.45) is 9.98 Å². The summed E-state index contributed by atoms with van der Waals surface area (Å²) in [5.74, 6) is 0.409. The summed E-state index contributed by atoms with van der Waals surface area (Å²) in [5.41, 5.74) is 4.69. The van der Waals surface area contributed by atoms with Gasteiger partial charge in [-0.3, -0.25) is 14.9 Å². The van der Waals surface area contributed by atoms with Crippen LogP contribution in [0.4, 0.5) is 4.39 Å². The lowest BCUT2D eigenvalue weighted by atomic mass is 9.93. The van der Waals surface area contributed by atoms with E-state index in [1.54, 1.807) is 12.1 Å². The first-order valence-corrected chi connectivity index (χ1v) is 9.45. The predicted molar refractivity (Wildman–Crippen MR) is 112 cm³/mol. The average Bonchev–Trinajstić information content (AvgIpc) is 2.69. The second-order valence-electron chi connectivity index (χ2n) is 6.96. The van der Waals surface area contributed by atoms with Gasteiger partial charge in [-0.25, -0.2) is 4.39 Å². The summed E-state index contributed by atoms with van der Waals surface area (Å²) in [7, 11) is 0. The average molecular weight is 382 g/mol. The number of nitrogens with one attached hydrogen (secondary N) is 1. The van der Waals surface area contributed by atoms with Crippen molar-refractivity contribution in [3.8, 4) is 0 Å². The number of nitrogens with zero attached hydrogens (tertiary/aromatic N) is 3. The van der Waals surface area contributed by atoms with Gasteiger partial charge < -0.3 is 10.1 Å². The van der Waals surface area contributed by atoms with Crippen LogP contribution in [0.25, 0.3) is 0 Å². The van der Waals surface area contributed by atoms with Crippen LogP contribution < -0.4 is 5.32 Å². The predicted octanol–water partition coefficient (Wildman–Crippen LogP) is 3.55.